The Balaban J connectivity index is 2.27. The van der Waals surface area contributed by atoms with Crippen molar-refractivity contribution in [1.82, 2.24) is 14.5 Å². The lowest BCUT2D eigenvalue weighted by atomic mass is 10.1. The molecule has 4 nitrogen and oxygen atoms in total. The molecule has 0 spiro atoms. The lowest BCUT2D eigenvalue weighted by Gasteiger charge is -2.09. The van der Waals surface area contributed by atoms with Crippen molar-refractivity contribution in [2.24, 2.45) is 0 Å². The number of imidazole rings is 1. The first-order valence-corrected chi connectivity index (χ1v) is 6.96. The molecule has 110 valence electrons. The van der Waals surface area contributed by atoms with E-state index in [4.69, 9.17) is 0 Å². The van der Waals surface area contributed by atoms with E-state index >= 15 is 0 Å². The van der Waals surface area contributed by atoms with Gasteiger partial charge in [-0.1, -0.05) is 0 Å². The van der Waals surface area contributed by atoms with Gasteiger partial charge in [-0.05, 0) is 43.3 Å². The van der Waals surface area contributed by atoms with Crippen LogP contribution in [-0.2, 0) is 6.54 Å². The molecule has 0 saturated carbocycles. The summed E-state index contributed by atoms with van der Waals surface area (Å²) in [6.07, 6.45) is 4.12. The third-order valence-electron chi connectivity index (χ3n) is 3.49. The van der Waals surface area contributed by atoms with Gasteiger partial charge in [-0.25, -0.2) is 9.37 Å². The molecule has 2 heterocycles. The maximum Gasteiger partial charge on any atom is 0.185 e. The van der Waals surface area contributed by atoms with Crippen LogP contribution in [0.5, 0.6) is 0 Å². The number of nitrogens with zero attached hydrogens (tertiary/aromatic N) is 3. The SMILES string of the molecule is CCn1c(C=O)nc(-c2ccc(F)cc2)c1-c1ccncc1. The number of pyridine rings is 1. The average Bonchev–Trinajstić information content (AvgIpc) is 2.95. The minimum atomic E-state index is -0.306. The van der Waals surface area contributed by atoms with Crippen LogP contribution in [0, 0.1) is 5.82 Å². The van der Waals surface area contributed by atoms with Gasteiger partial charge < -0.3 is 4.57 Å². The van der Waals surface area contributed by atoms with Crippen LogP contribution in [0.1, 0.15) is 17.5 Å². The van der Waals surface area contributed by atoms with Crippen LogP contribution in [0.4, 0.5) is 4.39 Å². The predicted molar refractivity (Wildman–Crippen MR) is 81.9 cm³/mol. The standard InChI is InChI=1S/C17H14FN3O/c1-2-21-15(11-22)20-16(12-3-5-14(18)6-4-12)17(21)13-7-9-19-10-8-13/h3-11H,2H2,1H3. The number of rotatable bonds is 4. The minimum Gasteiger partial charge on any atom is -0.322 e. The van der Waals surface area contributed by atoms with Crippen molar-refractivity contribution in [3.05, 3.63) is 60.4 Å². The quantitative estimate of drug-likeness (QED) is 0.691. The van der Waals surface area contributed by atoms with Crippen LogP contribution in [0.3, 0.4) is 0 Å². The summed E-state index contributed by atoms with van der Waals surface area (Å²) in [5, 5.41) is 0. The summed E-state index contributed by atoms with van der Waals surface area (Å²) in [7, 11) is 0. The molecule has 0 bridgehead atoms. The molecule has 0 atom stereocenters. The Morgan fingerprint density at radius 3 is 2.36 bits per heavy atom. The Morgan fingerprint density at radius 2 is 1.77 bits per heavy atom. The fraction of sp³-hybridized carbons (Fsp3) is 0.118. The first-order valence-electron chi connectivity index (χ1n) is 6.96. The molecule has 0 aliphatic heterocycles. The molecule has 0 saturated heterocycles. The summed E-state index contributed by atoms with van der Waals surface area (Å²) in [5.74, 6) is 0.0494. The van der Waals surface area contributed by atoms with Crippen LogP contribution in [0.2, 0.25) is 0 Å². The molecule has 0 unspecified atom stereocenters. The largest absolute Gasteiger partial charge is 0.322 e. The van der Waals surface area contributed by atoms with Gasteiger partial charge in [0.05, 0.1) is 11.4 Å². The van der Waals surface area contributed by atoms with Gasteiger partial charge in [-0.2, -0.15) is 0 Å². The molecule has 0 N–H and O–H groups in total. The van der Waals surface area contributed by atoms with Gasteiger partial charge in [0.15, 0.2) is 12.1 Å². The van der Waals surface area contributed by atoms with Crippen molar-refractivity contribution in [2.45, 2.75) is 13.5 Å². The van der Waals surface area contributed by atoms with Gasteiger partial charge in [0.1, 0.15) is 5.82 Å². The van der Waals surface area contributed by atoms with Crippen molar-refractivity contribution in [1.29, 1.82) is 0 Å². The molecular formula is C17H14FN3O. The van der Waals surface area contributed by atoms with Crippen LogP contribution >= 0.6 is 0 Å². The Kier molecular flexibility index (Phi) is 3.78. The van der Waals surface area contributed by atoms with E-state index in [0.717, 1.165) is 23.1 Å². The van der Waals surface area contributed by atoms with Crippen molar-refractivity contribution in [3.8, 4) is 22.5 Å². The number of aromatic nitrogens is 3. The Labute approximate surface area is 127 Å². The number of carbonyl (C=O) groups is 1. The first-order chi connectivity index (χ1) is 10.7. The number of carbonyl (C=O) groups excluding carboxylic acids is 1. The topological polar surface area (TPSA) is 47.8 Å². The van der Waals surface area contributed by atoms with Gasteiger partial charge in [0, 0.05) is 30.1 Å². The fourth-order valence-electron chi connectivity index (χ4n) is 2.49. The van der Waals surface area contributed by atoms with E-state index in [2.05, 4.69) is 9.97 Å². The van der Waals surface area contributed by atoms with Crippen LogP contribution < -0.4 is 0 Å². The Bertz CT molecular complexity index is 795. The highest BCUT2D eigenvalue weighted by molar-refractivity contribution is 5.83. The number of halogens is 1. The maximum absolute atomic E-state index is 13.2. The van der Waals surface area contributed by atoms with Gasteiger partial charge in [-0.3, -0.25) is 9.78 Å². The molecule has 0 aliphatic rings. The minimum absolute atomic E-state index is 0.306. The number of hydrogen-bond donors (Lipinski definition) is 0. The van der Waals surface area contributed by atoms with E-state index in [1.54, 1.807) is 24.5 Å². The molecule has 3 aromatic rings. The summed E-state index contributed by atoms with van der Waals surface area (Å²) in [4.78, 5) is 19.8. The zero-order chi connectivity index (χ0) is 15.5. The second-order valence-corrected chi connectivity index (χ2v) is 4.77. The van der Waals surface area contributed by atoms with Gasteiger partial charge in [-0.15, -0.1) is 0 Å². The van der Waals surface area contributed by atoms with Gasteiger partial charge in [0.25, 0.3) is 0 Å². The van der Waals surface area contributed by atoms with Crippen LogP contribution in [0.25, 0.3) is 22.5 Å². The van der Waals surface area contributed by atoms with E-state index < -0.39 is 0 Å². The molecule has 5 heteroatoms. The normalized spacial score (nSPS) is 10.6. The molecule has 22 heavy (non-hydrogen) atoms. The molecule has 3 rings (SSSR count). The second kappa shape index (κ2) is 5.89. The molecule has 2 aromatic heterocycles. The predicted octanol–water partition coefficient (Wildman–Crippen LogP) is 3.58. The zero-order valence-electron chi connectivity index (χ0n) is 12.0. The number of aldehydes is 1. The number of hydrogen-bond acceptors (Lipinski definition) is 3. The monoisotopic (exact) mass is 295 g/mol. The van der Waals surface area contributed by atoms with Gasteiger partial charge in [0.2, 0.25) is 0 Å². The molecule has 1 aromatic carbocycles. The van der Waals surface area contributed by atoms with Crippen molar-refractivity contribution in [2.75, 3.05) is 0 Å². The summed E-state index contributed by atoms with van der Waals surface area (Å²) in [6.45, 7) is 2.56. The molecule has 0 amide bonds. The summed E-state index contributed by atoms with van der Waals surface area (Å²) in [6, 6.07) is 9.83. The van der Waals surface area contributed by atoms with Crippen molar-refractivity contribution >= 4 is 6.29 Å². The summed E-state index contributed by atoms with van der Waals surface area (Å²) < 4.78 is 15.0. The van der Waals surface area contributed by atoms with Gasteiger partial charge >= 0.3 is 0 Å². The van der Waals surface area contributed by atoms with Crippen molar-refractivity contribution in [3.63, 3.8) is 0 Å². The van der Waals surface area contributed by atoms with Crippen LogP contribution in [0.15, 0.2) is 48.8 Å². The summed E-state index contributed by atoms with van der Waals surface area (Å²) in [5.41, 5.74) is 3.18. The highest BCUT2D eigenvalue weighted by atomic mass is 19.1. The Hall–Kier alpha value is -2.82. The summed E-state index contributed by atoms with van der Waals surface area (Å²) >= 11 is 0. The average molecular weight is 295 g/mol. The lowest BCUT2D eigenvalue weighted by Crippen LogP contribution is -2.02. The third-order valence-corrected chi connectivity index (χ3v) is 3.49. The molecule has 0 fully saturated rings. The number of benzene rings is 1. The van der Waals surface area contributed by atoms with Crippen LogP contribution in [-0.4, -0.2) is 20.8 Å². The van der Waals surface area contributed by atoms with E-state index in [0.29, 0.717) is 18.1 Å². The van der Waals surface area contributed by atoms with E-state index in [-0.39, 0.29) is 5.82 Å². The third kappa shape index (κ3) is 2.41. The maximum atomic E-state index is 13.2. The highest BCUT2D eigenvalue weighted by Crippen LogP contribution is 2.32. The fourth-order valence-corrected chi connectivity index (χ4v) is 2.49. The molecular weight excluding hydrogens is 281 g/mol. The van der Waals surface area contributed by atoms with E-state index in [9.17, 15) is 9.18 Å². The smallest absolute Gasteiger partial charge is 0.185 e. The van der Waals surface area contributed by atoms with Crippen molar-refractivity contribution < 1.29 is 9.18 Å². The second-order valence-electron chi connectivity index (χ2n) is 4.77. The first kappa shape index (κ1) is 14.1. The van der Waals surface area contributed by atoms with E-state index in [1.165, 1.54) is 12.1 Å². The highest BCUT2D eigenvalue weighted by Gasteiger charge is 2.18. The Morgan fingerprint density at radius 1 is 1.09 bits per heavy atom. The molecule has 0 aliphatic carbocycles. The van der Waals surface area contributed by atoms with E-state index in [1.807, 2.05) is 23.6 Å². The zero-order valence-corrected chi connectivity index (χ0v) is 12.0. The molecule has 0 radical (unpaired) electrons. The lowest BCUT2D eigenvalue weighted by molar-refractivity contribution is 0.111.